The summed E-state index contributed by atoms with van der Waals surface area (Å²) >= 11 is 0. The molecule has 2 aliphatic carbocycles. The van der Waals surface area contributed by atoms with E-state index in [9.17, 15) is 9.59 Å². The first kappa shape index (κ1) is 16.6. The monoisotopic (exact) mass is 306 g/mol. The molecule has 0 aliphatic heterocycles. The third-order valence-electron chi connectivity index (χ3n) is 4.11. The highest BCUT2D eigenvalue weighted by atomic mass is 16.2. The van der Waals surface area contributed by atoms with Crippen LogP contribution < -0.4 is 10.9 Å². The first-order valence-corrected chi connectivity index (χ1v) is 8.22. The van der Waals surface area contributed by atoms with Gasteiger partial charge in [-0.2, -0.15) is 10.2 Å². The maximum absolute atomic E-state index is 11.6. The van der Waals surface area contributed by atoms with Crippen LogP contribution in [0.3, 0.4) is 0 Å². The van der Waals surface area contributed by atoms with Gasteiger partial charge in [-0.3, -0.25) is 9.59 Å². The molecule has 0 atom stereocenters. The molecule has 2 rings (SSSR count). The molecule has 22 heavy (non-hydrogen) atoms. The molecule has 0 saturated heterocycles. The Kier molecular flexibility index (Phi) is 6.10. The van der Waals surface area contributed by atoms with Crippen LogP contribution in [0.4, 0.5) is 0 Å². The highest BCUT2D eigenvalue weighted by molar-refractivity contribution is 5.88. The average molecular weight is 306 g/mol. The van der Waals surface area contributed by atoms with E-state index >= 15 is 0 Å². The summed E-state index contributed by atoms with van der Waals surface area (Å²) in [5.74, 6) is 0.985. The normalized spacial score (nSPS) is 19.0. The third-order valence-corrected chi connectivity index (χ3v) is 4.11. The minimum atomic E-state index is -0.0805. The number of unbranched alkanes of at least 4 members (excludes halogenated alkanes) is 1. The van der Waals surface area contributed by atoms with Gasteiger partial charge in [0.15, 0.2) is 0 Å². The summed E-state index contributed by atoms with van der Waals surface area (Å²) < 4.78 is 0. The van der Waals surface area contributed by atoms with Crippen molar-refractivity contribution in [3.05, 3.63) is 0 Å². The van der Waals surface area contributed by atoms with Crippen molar-refractivity contribution >= 4 is 23.2 Å². The molecular formula is C16H26N4O2. The lowest BCUT2D eigenvalue weighted by molar-refractivity contribution is -0.123. The van der Waals surface area contributed by atoms with Gasteiger partial charge in [0.1, 0.15) is 0 Å². The van der Waals surface area contributed by atoms with E-state index in [2.05, 4.69) is 21.1 Å². The van der Waals surface area contributed by atoms with Crippen molar-refractivity contribution in [1.82, 2.24) is 10.9 Å². The number of carbonyl (C=O) groups excluding carboxylic acids is 2. The van der Waals surface area contributed by atoms with E-state index < -0.39 is 0 Å². The van der Waals surface area contributed by atoms with E-state index in [0.29, 0.717) is 37.5 Å². The van der Waals surface area contributed by atoms with Gasteiger partial charge in [-0.1, -0.05) is 0 Å². The van der Waals surface area contributed by atoms with Crippen molar-refractivity contribution < 1.29 is 9.59 Å². The van der Waals surface area contributed by atoms with Crippen molar-refractivity contribution in [2.24, 2.45) is 22.0 Å². The molecule has 0 heterocycles. The average Bonchev–Trinajstić information content (AvgIpc) is 3.38. The Morgan fingerprint density at radius 2 is 1.18 bits per heavy atom. The molecule has 0 aromatic heterocycles. The molecule has 0 bridgehead atoms. The summed E-state index contributed by atoms with van der Waals surface area (Å²) in [6, 6.07) is 0. The van der Waals surface area contributed by atoms with E-state index in [4.69, 9.17) is 0 Å². The maximum atomic E-state index is 11.6. The maximum Gasteiger partial charge on any atom is 0.240 e. The molecule has 6 nitrogen and oxygen atoms in total. The fourth-order valence-electron chi connectivity index (χ4n) is 2.17. The Hall–Kier alpha value is -1.72. The zero-order valence-electron chi connectivity index (χ0n) is 13.5. The second-order valence-electron chi connectivity index (χ2n) is 6.33. The Morgan fingerprint density at radius 1 is 0.818 bits per heavy atom. The van der Waals surface area contributed by atoms with Crippen LogP contribution in [0.25, 0.3) is 0 Å². The summed E-state index contributed by atoms with van der Waals surface area (Å²) in [5.41, 5.74) is 7.18. The number of hydrazone groups is 2. The largest absolute Gasteiger partial charge is 0.273 e. The van der Waals surface area contributed by atoms with Gasteiger partial charge in [0, 0.05) is 24.3 Å². The van der Waals surface area contributed by atoms with Gasteiger partial charge in [-0.25, -0.2) is 10.9 Å². The standard InChI is InChI=1S/C16H26N4O2/c1-11(13-7-8-13)17-19-15(21)5-3-4-6-16(22)20-18-12(2)14-9-10-14/h13-14H,3-10H2,1-2H3,(H,19,21)(H,20,22)/b17-11+,18-12+. The number of nitrogens with one attached hydrogen (secondary N) is 2. The van der Waals surface area contributed by atoms with E-state index in [0.717, 1.165) is 11.4 Å². The molecule has 2 amide bonds. The number of amides is 2. The lowest BCUT2D eigenvalue weighted by Gasteiger charge is -2.03. The summed E-state index contributed by atoms with van der Waals surface area (Å²) in [7, 11) is 0. The van der Waals surface area contributed by atoms with Crippen molar-refractivity contribution in [3.63, 3.8) is 0 Å². The summed E-state index contributed by atoms with van der Waals surface area (Å²) in [4.78, 5) is 23.2. The van der Waals surface area contributed by atoms with Gasteiger partial charge < -0.3 is 0 Å². The molecule has 6 heteroatoms. The molecule has 2 aliphatic rings. The molecule has 0 aromatic carbocycles. The smallest absolute Gasteiger partial charge is 0.240 e. The second kappa shape index (κ2) is 8.06. The van der Waals surface area contributed by atoms with E-state index in [1.165, 1.54) is 25.7 Å². The van der Waals surface area contributed by atoms with Crippen LogP contribution in [-0.2, 0) is 9.59 Å². The first-order valence-electron chi connectivity index (χ1n) is 8.22. The fraction of sp³-hybridized carbons (Fsp3) is 0.750. The third kappa shape index (κ3) is 6.37. The highest BCUT2D eigenvalue weighted by Crippen LogP contribution is 2.30. The number of hydrogen-bond donors (Lipinski definition) is 2. The van der Waals surface area contributed by atoms with Gasteiger partial charge in [0.2, 0.25) is 11.8 Å². The predicted octanol–water partition coefficient (Wildman–Crippen LogP) is 2.35. The molecule has 0 radical (unpaired) electrons. The van der Waals surface area contributed by atoms with Crippen LogP contribution >= 0.6 is 0 Å². The topological polar surface area (TPSA) is 82.9 Å². The summed E-state index contributed by atoms with van der Waals surface area (Å²) in [6.07, 6.45) is 6.90. The van der Waals surface area contributed by atoms with E-state index in [-0.39, 0.29) is 11.8 Å². The van der Waals surface area contributed by atoms with Crippen LogP contribution in [0.1, 0.15) is 65.2 Å². The van der Waals surface area contributed by atoms with Gasteiger partial charge in [0.25, 0.3) is 0 Å². The van der Waals surface area contributed by atoms with Crippen molar-refractivity contribution in [3.8, 4) is 0 Å². The fourth-order valence-corrected chi connectivity index (χ4v) is 2.17. The van der Waals surface area contributed by atoms with Crippen LogP contribution in [0.5, 0.6) is 0 Å². The minimum absolute atomic E-state index is 0.0805. The van der Waals surface area contributed by atoms with E-state index in [1.54, 1.807) is 0 Å². The van der Waals surface area contributed by atoms with Crippen molar-refractivity contribution in [2.45, 2.75) is 65.2 Å². The number of hydrogen-bond acceptors (Lipinski definition) is 4. The second-order valence-corrected chi connectivity index (χ2v) is 6.33. The van der Waals surface area contributed by atoms with Crippen LogP contribution in [0.2, 0.25) is 0 Å². The summed E-state index contributed by atoms with van der Waals surface area (Å²) in [6.45, 7) is 3.90. The molecule has 2 N–H and O–H groups in total. The zero-order valence-corrected chi connectivity index (χ0v) is 13.5. The van der Waals surface area contributed by atoms with Gasteiger partial charge in [-0.05, 0) is 64.2 Å². The number of rotatable bonds is 9. The first-order chi connectivity index (χ1) is 10.6. The number of nitrogens with zero attached hydrogens (tertiary/aromatic N) is 2. The Labute approximate surface area is 131 Å². The van der Waals surface area contributed by atoms with Gasteiger partial charge in [-0.15, -0.1) is 0 Å². The Bertz CT molecular complexity index is 433. The Balaban J connectivity index is 1.50. The van der Waals surface area contributed by atoms with E-state index in [1.807, 2.05) is 13.8 Å². The summed E-state index contributed by atoms with van der Waals surface area (Å²) in [5, 5.41) is 8.18. The Morgan fingerprint density at radius 3 is 1.50 bits per heavy atom. The predicted molar refractivity (Wildman–Crippen MR) is 86.4 cm³/mol. The number of carbonyl (C=O) groups is 2. The lowest BCUT2D eigenvalue weighted by Crippen LogP contribution is -2.20. The lowest BCUT2D eigenvalue weighted by atomic mass is 10.2. The van der Waals surface area contributed by atoms with Crippen LogP contribution in [0, 0.1) is 11.8 Å². The van der Waals surface area contributed by atoms with Crippen LogP contribution in [-0.4, -0.2) is 23.2 Å². The molecular weight excluding hydrogens is 280 g/mol. The SMILES string of the molecule is C/C(=N\NC(=O)CCCCC(=O)N/N=C(\C)C1CC1)C1CC1. The minimum Gasteiger partial charge on any atom is -0.273 e. The van der Waals surface area contributed by atoms with Gasteiger partial charge in [0.05, 0.1) is 0 Å². The quantitative estimate of drug-likeness (QED) is 0.389. The molecule has 0 unspecified atom stereocenters. The van der Waals surface area contributed by atoms with Crippen molar-refractivity contribution in [2.75, 3.05) is 0 Å². The van der Waals surface area contributed by atoms with Crippen molar-refractivity contribution in [1.29, 1.82) is 0 Å². The molecule has 122 valence electrons. The van der Waals surface area contributed by atoms with Gasteiger partial charge >= 0.3 is 0 Å². The highest BCUT2D eigenvalue weighted by Gasteiger charge is 2.25. The van der Waals surface area contributed by atoms with Crippen LogP contribution in [0.15, 0.2) is 10.2 Å². The molecule has 0 aromatic rings. The molecule has 2 saturated carbocycles. The molecule has 0 spiro atoms. The molecule has 2 fully saturated rings. The zero-order chi connectivity index (χ0) is 15.9.